The van der Waals surface area contributed by atoms with Crippen LogP contribution in [0.15, 0.2) is 125 Å². The molecule has 5 fully saturated rings. The maximum Gasteiger partial charge on any atom is 0.189 e. The quantitative estimate of drug-likeness (QED) is 0.0438. The molecule has 13 rings (SSSR count). The number of methoxy groups -OCH3 is 1. The Morgan fingerprint density at radius 1 is 0.898 bits per heavy atom. The standard InChI is InChI=1S/C72H96N8O6S2/c1-45(82)40-78-66-39-71(38-61-58-21-25-74-41-53(58)30-51-12-7-24-75-68(51)61)36-50-16-18-65(71)72(66)23-19-49(37-72)20-26-77-70(73)80-44-87-88-64-22-27-76-69-67(64)59(17-15-48-11-6-10-47(28-48)14-13-46-8-4-3-5-9-46)54(42-79-69)31-52-33-62(85)63(86-2)35-60(52)55(43-81)32-57(84)34-56(83)29-50/h3-12,22,27-28,32-33,35,42,45,49-51,53,58,61,64-66,68-69,74-76,78-79,81-82,85H,13-21,23-26,29-31,34,36-41,43-44H2,1-2H3,(H3,73,77,80)/b55-32+/t45-,49+,50-,51-,53-,58+,61-,64+,65+,66+,68+,69?,71+,72-/m0/s1. The second-order valence-corrected chi connectivity index (χ2v) is 30.1. The van der Waals surface area contributed by atoms with Gasteiger partial charge >= 0.3 is 0 Å². The number of phenolic OH excluding ortho intramolecular Hbond substituents is 1. The largest absolute Gasteiger partial charge is 0.504 e. The van der Waals surface area contributed by atoms with Crippen LogP contribution in [0.4, 0.5) is 0 Å². The number of carbonyl (C=O) groups is 2. The number of hydrogen-bond acceptors (Lipinski definition) is 16. The molecule has 88 heavy (non-hydrogen) atoms. The van der Waals surface area contributed by atoms with Gasteiger partial charge in [-0.15, -0.1) is 0 Å². The molecule has 1 spiro atoms. The van der Waals surface area contributed by atoms with E-state index in [9.17, 15) is 24.9 Å². The Morgan fingerprint density at radius 2 is 1.73 bits per heavy atom. The molecule has 3 aromatic carbocycles. The molecule has 10 aliphatic rings. The van der Waals surface area contributed by atoms with Crippen LogP contribution >= 0.6 is 21.6 Å². The molecule has 11 N–H and O–H groups in total. The number of nitrogens with one attached hydrogen (secondary N) is 6. The monoisotopic (exact) mass is 1230 g/mol. The molecule has 1 saturated heterocycles. The van der Waals surface area contributed by atoms with Crippen molar-refractivity contribution in [3.05, 3.63) is 148 Å². The lowest BCUT2D eigenvalue weighted by Gasteiger charge is -2.55. The van der Waals surface area contributed by atoms with Crippen LogP contribution in [-0.2, 0) is 35.3 Å². The Bertz CT molecular complexity index is 3160. The Labute approximate surface area is 530 Å². The van der Waals surface area contributed by atoms with Crippen LogP contribution in [0.5, 0.6) is 11.5 Å². The number of aliphatic hydroxyl groups is 2. The van der Waals surface area contributed by atoms with Gasteiger partial charge in [-0.1, -0.05) is 94.4 Å². The zero-order valence-corrected chi connectivity index (χ0v) is 53.5. The van der Waals surface area contributed by atoms with Gasteiger partial charge in [0, 0.05) is 44.3 Å². The average molecular weight is 1230 g/mol. The van der Waals surface area contributed by atoms with Crippen molar-refractivity contribution >= 4 is 44.7 Å². The van der Waals surface area contributed by atoms with Gasteiger partial charge in [-0.25, -0.2) is 4.99 Å². The molecule has 0 radical (unpaired) electrons. The van der Waals surface area contributed by atoms with Gasteiger partial charge in [0.05, 0.1) is 37.4 Å². The van der Waals surface area contributed by atoms with Crippen molar-refractivity contribution in [2.75, 3.05) is 52.3 Å². The number of ketones is 2. The molecule has 472 valence electrons. The number of guanidine groups is 1. The number of dihydropyridines is 1. The summed E-state index contributed by atoms with van der Waals surface area (Å²) >= 11 is 0. The number of nitrogens with zero attached hydrogens (tertiary/aromatic N) is 1. The maximum absolute atomic E-state index is 14.7. The lowest BCUT2D eigenvalue weighted by atomic mass is 9.52. The normalized spacial score (nSPS) is 33.6. The van der Waals surface area contributed by atoms with Crippen molar-refractivity contribution < 1.29 is 29.6 Å². The molecule has 4 saturated carbocycles. The van der Waals surface area contributed by atoms with Crippen LogP contribution in [0, 0.1) is 52.3 Å². The molecule has 0 aromatic heterocycles. The number of hydrogen-bond donors (Lipinski definition) is 10. The molecule has 0 amide bonds. The molecular formula is C72H96N8O6S2. The third kappa shape index (κ3) is 14.1. The molecule has 14 atom stereocenters. The number of aliphatic hydroxyl groups excluding tert-OH is 2. The summed E-state index contributed by atoms with van der Waals surface area (Å²) < 4.78 is 5.70. The van der Waals surface area contributed by atoms with E-state index in [0.29, 0.717) is 83.9 Å². The SMILES string of the molecule is COc1cc2c(cc1O)CC1=CNC3NC=C[C@@H](SSCN=C(N)NCC[C@H]4CC[C@]5(C4)[C@@H]4CC[C@@H](CC(=O)CC(=O)/C=C/2CO)C[C@@]4(C[C@H]2[C@@H]4CCNC[C@@H]4C[C@@H]4C=CCN[C@@H]24)C[C@H]5NC[C@H](C)O)C3=C1CCc1cccc(CCc2ccccc2)c1. The van der Waals surface area contributed by atoms with E-state index in [-0.39, 0.29) is 63.7 Å². The number of phenols is 1. The highest BCUT2D eigenvalue weighted by molar-refractivity contribution is 8.77. The van der Waals surface area contributed by atoms with E-state index in [1.54, 1.807) is 33.7 Å². The van der Waals surface area contributed by atoms with E-state index in [1.165, 1.54) is 53.9 Å². The lowest BCUT2D eigenvalue weighted by Crippen LogP contribution is -2.57. The Hall–Kier alpha value is -5.33. The van der Waals surface area contributed by atoms with E-state index in [1.807, 2.05) is 13.1 Å². The highest BCUT2D eigenvalue weighted by Gasteiger charge is 2.65. The third-order valence-corrected chi connectivity index (χ3v) is 24.5. The van der Waals surface area contributed by atoms with Crippen molar-refractivity contribution in [2.24, 2.45) is 63.0 Å². The Kier molecular flexibility index (Phi) is 20.3. The highest BCUT2D eigenvalue weighted by Crippen LogP contribution is 2.70. The second-order valence-electron chi connectivity index (χ2n) is 27.6. The molecule has 14 nitrogen and oxygen atoms in total. The number of fused-ring (bicyclic) bond motifs is 13. The molecule has 6 heterocycles. The van der Waals surface area contributed by atoms with Gasteiger partial charge in [-0.3, -0.25) is 9.59 Å². The number of carbonyl (C=O) groups excluding carboxylic acids is 2. The van der Waals surface area contributed by atoms with E-state index in [4.69, 9.17) is 15.5 Å². The fourth-order valence-corrected chi connectivity index (χ4v) is 20.8. The number of aliphatic imine (C=N–C) groups is 1. The number of benzene rings is 3. The first-order valence-corrected chi connectivity index (χ1v) is 35.6. The predicted molar refractivity (Wildman–Crippen MR) is 356 cm³/mol. The third-order valence-electron chi connectivity index (χ3n) is 22.2. The van der Waals surface area contributed by atoms with Crippen molar-refractivity contribution in [2.45, 2.75) is 152 Å². The lowest BCUT2D eigenvalue weighted by molar-refractivity contribution is -0.126. The summed E-state index contributed by atoms with van der Waals surface area (Å²) in [6, 6.07) is 23.7. The minimum absolute atomic E-state index is 0.00712. The van der Waals surface area contributed by atoms with Gasteiger partial charge in [-0.2, -0.15) is 0 Å². The van der Waals surface area contributed by atoms with Crippen molar-refractivity contribution in [3.8, 4) is 11.5 Å². The zero-order valence-electron chi connectivity index (χ0n) is 51.8. The fraction of sp³-hybridized carbons (Fsp3) is 0.569. The van der Waals surface area contributed by atoms with Gasteiger partial charge in [0.2, 0.25) is 0 Å². The average Bonchev–Trinajstić information content (AvgIpc) is 1.92. The van der Waals surface area contributed by atoms with E-state index in [0.717, 1.165) is 121 Å². The Morgan fingerprint density at radius 3 is 2.56 bits per heavy atom. The van der Waals surface area contributed by atoms with Gasteiger partial charge in [0.1, 0.15) is 11.9 Å². The number of ether oxygens (including phenoxy) is 1. The van der Waals surface area contributed by atoms with Crippen LogP contribution in [0.25, 0.3) is 5.57 Å². The molecular weight excluding hydrogens is 1140 g/mol. The Balaban J connectivity index is 0.862. The summed E-state index contributed by atoms with van der Waals surface area (Å²) in [7, 11) is 4.96. The van der Waals surface area contributed by atoms with Gasteiger partial charge in [-0.05, 0) is 250 Å². The zero-order chi connectivity index (χ0) is 60.8. The molecule has 16 heteroatoms. The van der Waals surface area contributed by atoms with Crippen molar-refractivity contribution in [3.63, 3.8) is 0 Å². The summed E-state index contributed by atoms with van der Waals surface area (Å²) in [5, 5.41) is 56.3. The number of aryl methyl sites for hydroxylation is 3. The first kappa shape index (κ1) is 62.8. The highest BCUT2D eigenvalue weighted by atomic mass is 33.1. The minimum atomic E-state index is -0.464. The van der Waals surface area contributed by atoms with Gasteiger partial charge in [0.15, 0.2) is 23.2 Å². The van der Waals surface area contributed by atoms with Crippen LogP contribution < -0.4 is 42.4 Å². The molecule has 7 bridgehead atoms. The van der Waals surface area contributed by atoms with E-state index in [2.05, 4.69) is 111 Å². The number of rotatable bonds is 13. The summed E-state index contributed by atoms with van der Waals surface area (Å²) in [4.78, 5) is 34.0. The molecule has 4 aliphatic carbocycles. The van der Waals surface area contributed by atoms with E-state index < -0.39 is 12.7 Å². The number of nitrogens with two attached hydrogens (primary N) is 1. The second kappa shape index (κ2) is 28.5. The van der Waals surface area contributed by atoms with Crippen molar-refractivity contribution in [1.82, 2.24) is 31.9 Å². The van der Waals surface area contributed by atoms with Crippen LogP contribution in [0.1, 0.15) is 125 Å². The van der Waals surface area contributed by atoms with Gasteiger partial charge < -0.3 is 57.7 Å². The molecule has 6 aliphatic heterocycles. The van der Waals surface area contributed by atoms with Crippen LogP contribution in [-0.4, -0.2) is 115 Å². The first-order valence-electron chi connectivity index (χ1n) is 33.2. The molecule has 1 unspecified atom stereocenters. The smallest absolute Gasteiger partial charge is 0.189 e. The summed E-state index contributed by atoms with van der Waals surface area (Å²) in [5.41, 5.74) is 15.8. The number of allylic oxidation sites excluding steroid dienone is 3. The first-order chi connectivity index (χ1) is 42.9. The van der Waals surface area contributed by atoms with Crippen LogP contribution in [0.2, 0.25) is 0 Å². The number of aromatic hydroxyl groups is 1. The minimum Gasteiger partial charge on any atom is -0.504 e. The van der Waals surface area contributed by atoms with Crippen molar-refractivity contribution in [1.29, 1.82) is 0 Å². The maximum atomic E-state index is 14.7. The van der Waals surface area contributed by atoms with Gasteiger partial charge in [0.25, 0.3) is 0 Å². The number of piperidine rings is 1. The topological polar surface area (TPSA) is 215 Å². The molecule has 3 aromatic rings. The summed E-state index contributed by atoms with van der Waals surface area (Å²) in [5.74, 6) is 4.21. The van der Waals surface area contributed by atoms with E-state index >= 15 is 0 Å². The fourth-order valence-electron chi connectivity index (χ4n) is 18.6. The summed E-state index contributed by atoms with van der Waals surface area (Å²) in [6.45, 7) is 5.81. The number of Topliss-reactive ketones (excluding diaryl/α,β-unsaturated/α-hetero) is 1. The van der Waals surface area contributed by atoms with Crippen LogP contribution in [0.3, 0.4) is 0 Å². The predicted octanol–water partition coefficient (Wildman–Crippen LogP) is 9.61. The summed E-state index contributed by atoms with van der Waals surface area (Å²) in [6.07, 6.45) is 28.0.